The minimum absolute atomic E-state index is 0.110. The molecule has 0 N–H and O–H groups in total. The van der Waals surface area contributed by atoms with Gasteiger partial charge in [0.1, 0.15) is 5.82 Å². The topological polar surface area (TPSA) is 55.8 Å². The maximum Gasteiger partial charge on any atom is 0.293 e. The van der Waals surface area contributed by atoms with Gasteiger partial charge in [-0.15, -0.1) is 0 Å². The molecule has 0 spiro atoms. The maximum atomic E-state index is 14.1. The largest absolute Gasteiger partial charge is 0.490 e. The van der Waals surface area contributed by atoms with Gasteiger partial charge >= 0.3 is 0 Å². The summed E-state index contributed by atoms with van der Waals surface area (Å²) in [5, 5.41) is -0.305. The molecule has 0 aliphatic carbocycles. The van der Waals surface area contributed by atoms with E-state index in [2.05, 4.69) is 0 Å². The zero-order valence-electron chi connectivity index (χ0n) is 16.6. The fourth-order valence-corrected chi connectivity index (χ4v) is 3.90. The Morgan fingerprint density at radius 1 is 1.13 bits per heavy atom. The Balaban J connectivity index is 1.83. The maximum absolute atomic E-state index is 14.1. The molecule has 0 aromatic heterocycles. The van der Waals surface area contributed by atoms with Crippen LogP contribution >= 0.6 is 23.4 Å². The Morgan fingerprint density at radius 2 is 1.93 bits per heavy atom. The molecule has 5 nitrogen and oxygen atoms in total. The second-order valence-corrected chi connectivity index (χ2v) is 7.86. The first-order valence-electron chi connectivity index (χ1n) is 9.52. The van der Waals surface area contributed by atoms with Crippen molar-refractivity contribution in [2.45, 2.75) is 26.8 Å². The highest BCUT2D eigenvalue weighted by Gasteiger charge is 2.36. The van der Waals surface area contributed by atoms with Crippen LogP contribution in [0.2, 0.25) is 5.02 Å². The highest BCUT2D eigenvalue weighted by atomic mass is 35.5. The smallest absolute Gasteiger partial charge is 0.293 e. The van der Waals surface area contributed by atoms with Crippen LogP contribution in [0.5, 0.6) is 11.5 Å². The molecule has 2 aromatic rings. The number of carbonyl (C=O) groups is 2. The first kappa shape index (κ1) is 22.2. The van der Waals surface area contributed by atoms with E-state index in [4.69, 9.17) is 21.1 Å². The summed E-state index contributed by atoms with van der Waals surface area (Å²) < 4.78 is 25.4. The Bertz CT molecular complexity index is 975. The number of halogens is 2. The third kappa shape index (κ3) is 4.96. The van der Waals surface area contributed by atoms with Crippen LogP contribution in [0.3, 0.4) is 0 Å². The zero-order valence-corrected chi connectivity index (χ0v) is 18.2. The van der Waals surface area contributed by atoms with Gasteiger partial charge in [-0.05, 0) is 61.0 Å². The van der Waals surface area contributed by atoms with Gasteiger partial charge in [0.05, 0.1) is 24.7 Å². The molecule has 1 aliphatic rings. The molecule has 30 heavy (non-hydrogen) atoms. The molecular weight excluding hydrogens is 429 g/mol. The lowest BCUT2D eigenvalue weighted by atomic mass is 10.1. The van der Waals surface area contributed by atoms with Gasteiger partial charge in [-0.2, -0.15) is 0 Å². The van der Waals surface area contributed by atoms with E-state index >= 15 is 0 Å². The number of carbonyl (C=O) groups excluding carboxylic acids is 2. The van der Waals surface area contributed by atoms with Crippen LogP contribution < -0.4 is 9.47 Å². The number of hydrogen-bond donors (Lipinski definition) is 0. The van der Waals surface area contributed by atoms with Crippen molar-refractivity contribution in [2.24, 2.45) is 0 Å². The van der Waals surface area contributed by atoms with E-state index in [1.165, 1.54) is 18.2 Å². The van der Waals surface area contributed by atoms with Gasteiger partial charge < -0.3 is 9.47 Å². The molecule has 2 aromatic carbocycles. The minimum atomic E-state index is -0.561. The van der Waals surface area contributed by atoms with Gasteiger partial charge in [-0.3, -0.25) is 14.5 Å². The standard InChI is InChI=1S/C22H21ClFNO4S/c1-3-10-29-18-9-8-14(11-19(18)28-4-2)12-20-21(26)25(22(27)30-20)13-15-16(23)6-5-7-17(15)24/h5-9,11-12H,3-4,10,13H2,1-2H3/b20-12-. The lowest BCUT2D eigenvalue weighted by Crippen LogP contribution is -2.28. The van der Waals surface area contributed by atoms with Gasteiger partial charge in [0.2, 0.25) is 0 Å². The average molecular weight is 450 g/mol. The molecule has 8 heteroatoms. The van der Waals surface area contributed by atoms with Crippen LogP contribution in [0.4, 0.5) is 9.18 Å². The molecule has 1 heterocycles. The number of rotatable bonds is 8. The van der Waals surface area contributed by atoms with Crippen molar-refractivity contribution in [2.75, 3.05) is 13.2 Å². The third-order valence-electron chi connectivity index (χ3n) is 4.28. The summed E-state index contributed by atoms with van der Waals surface area (Å²) in [4.78, 5) is 26.4. The fourth-order valence-electron chi connectivity index (χ4n) is 2.84. The average Bonchev–Trinajstić information content (AvgIpc) is 2.97. The van der Waals surface area contributed by atoms with Crippen molar-refractivity contribution in [3.8, 4) is 11.5 Å². The van der Waals surface area contributed by atoms with E-state index in [0.29, 0.717) is 30.3 Å². The predicted molar refractivity (Wildman–Crippen MR) is 116 cm³/mol. The number of ether oxygens (including phenoxy) is 2. The van der Waals surface area contributed by atoms with E-state index in [9.17, 15) is 14.0 Å². The fraction of sp³-hybridized carbons (Fsp3) is 0.273. The quantitative estimate of drug-likeness (QED) is 0.469. The third-order valence-corrected chi connectivity index (χ3v) is 5.54. The predicted octanol–water partition coefficient (Wildman–Crippen LogP) is 5.90. The molecule has 1 saturated heterocycles. The van der Waals surface area contributed by atoms with Crippen LogP contribution in [0.25, 0.3) is 6.08 Å². The summed E-state index contributed by atoms with van der Waals surface area (Å²) in [7, 11) is 0. The Labute approximate surface area is 183 Å². The first-order chi connectivity index (χ1) is 14.4. The lowest BCUT2D eigenvalue weighted by Gasteiger charge is -2.14. The molecule has 0 unspecified atom stereocenters. The molecule has 1 aliphatic heterocycles. The second kappa shape index (κ2) is 10.00. The Kier molecular flexibility index (Phi) is 7.39. The molecule has 158 valence electrons. The number of thioether (sulfide) groups is 1. The summed E-state index contributed by atoms with van der Waals surface area (Å²) in [6, 6.07) is 9.56. The molecule has 1 fully saturated rings. The highest BCUT2D eigenvalue weighted by Crippen LogP contribution is 2.36. The van der Waals surface area contributed by atoms with Crippen molar-refractivity contribution >= 4 is 40.6 Å². The minimum Gasteiger partial charge on any atom is -0.490 e. The zero-order chi connectivity index (χ0) is 21.7. The van der Waals surface area contributed by atoms with E-state index < -0.39 is 17.0 Å². The summed E-state index contributed by atoms with van der Waals surface area (Å²) in [6.45, 7) is 4.69. The van der Waals surface area contributed by atoms with Crippen LogP contribution in [0, 0.1) is 5.82 Å². The number of nitrogens with zero attached hydrogens (tertiary/aromatic N) is 1. The number of benzene rings is 2. The van der Waals surface area contributed by atoms with Gasteiger partial charge in [0.25, 0.3) is 11.1 Å². The lowest BCUT2D eigenvalue weighted by molar-refractivity contribution is -0.123. The molecule has 2 amide bonds. The Morgan fingerprint density at radius 3 is 2.63 bits per heavy atom. The molecule has 0 saturated carbocycles. The highest BCUT2D eigenvalue weighted by molar-refractivity contribution is 8.18. The van der Waals surface area contributed by atoms with Gasteiger partial charge in [-0.25, -0.2) is 4.39 Å². The van der Waals surface area contributed by atoms with Crippen molar-refractivity contribution in [3.63, 3.8) is 0 Å². The van der Waals surface area contributed by atoms with Crippen LogP contribution in [0.15, 0.2) is 41.3 Å². The number of hydrogen-bond acceptors (Lipinski definition) is 5. The normalized spacial score (nSPS) is 15.2. The van der Waals surface area contributed by atoms with Crippen LogP contribution in [-0.4, -0.2) is 29.3 Å². The second-order valence-electron chi connectivity index (χ2n) is 6.46. The van der Waals surface area contributed by atoms with E-state index in [1.54, 1.807) is 24.3 Å². The molecule has 0 radical (unpaired) electrons. The van der Waals surface area contributed by atoms with E-state index in [-0.39, 0.29) is 22.0 Å². The van der Waals surface area contributed by atoms with Crippen LogP contribution in [0.1, 0.15) is 31.4 Å². The van der Waals surface area contributed by atoms with Gasteiger partial charge in [-0.1, -0.05) is 30.7 Å². The first-order valence-corrected chi connectivity index (χ1v) is 10.7. The van der Waals surface area contributed by atoms with Crippen molar-refractivity contribution < 1.29 is 23.5 Å². The number of imide groups is 1. The molecule has 0 atom stereocenters. The van der Waals surface area contributed by atoms with Crippen LogP contribution in [-0.2, 0) is 11.3 Å². The van der Waals surface area contributed by atoms with Crippen molar-refractivity contribution in [1.29, 1.82) is 0 Å². The van der Waals surface area contributed by atoms with Gasteiger partial charge in [0.15, 0.2) is 11.5 Å². The summed E-state index contributed by atoms with van der Waals surface area (Å²) in [5.41, 5.74) is 0.801. The summed E-state index contributed by atoms with van der Waals surface area (Å²) in [6.07, 6.45) is 2.48. The van der Waals surface area contributed by atoms with Crippen molar-refractivity contribution in [3.05, 3.63) is 63.3 Å². The summed E-state index contributed by atoms with van der Waals surface area (Å²) in [5.74, 6) is 0.137. The Hall–Kier alpha value is -2.51. The van der Waals surface area contributed by atoms with Gasteiger partial charge in [0, 0.05) is 10.6 Å². The monoisotopic (exact) mass is 449 g/mol. The molecular formula is C22H21ClFNO4S. The summed E-state index contributed by atoms with van der Waals surface area (Å²) >= 11 is 6.84. The molecule has 0 bridgehead atoms. The molecule has 3 rings (SSSR count). The van der Waals surface area contributed by atoms with Crippen molar-refractivity contribution in [1.82, 2.24) is 4.90 Å². The number of amides is 2. The SMILES string of the molecule is CCCOc1ccc(/C=C2\SC(=O)N(Cc3c(F)cccc3Cl)C2=O)cc1OCC. The van der Waals surface area contributed by atoms with E-state index in [1.807, 2.05) is 13.8 Å². The van der Waals surface area contributed by atoms with E-state index in [0.717, 1.165) is 23.1 Å².